The summed E-state index contributed by atoms with van der Waals surface area (Å²) in [6, 6.07) is 8.99. The number of rotatable bonds is 6. The largest absolute Gasteiger partial charge is 0.468 e. The fourth-order valence-corrected chi connectivity index (χ4v) is 5.93. The summed E-state index contributed by atoms with van der Waals surface area (Å²) >= 11 is 6.35. The summed E-state index contributed by atoms with van der Waals surface area (Å²) < 4.78 is 10.7. The van der Waals surface area contributed by atoms with Crippen molar-refractivity contribution in [2.24, 2.45) is 0 Å². The van der Waals surface area contributed by atoms with E-state index >= 15 is 0 Å². The van der Waals surface area contributed by atoms with Crippen molar-refractivity contribution in [1.29, 1.82) is 5.26 Å². The molecule has 0 saturated carbocycles. The number of carbonyl (C=O) groups is 2. The average Bonchev–Trinajstić information content (AvgIpc) is 2.91. The molecule has 1 aromatic heterocycles. The molecule has 2 heterocycles. The van der Waals surface area contributed by atoms with Crippen LogP contribution < -0.4 is 4.90 Å². The number of anilines is 1. The second-order valence-corrected chi connectivity index (χ2v) is 11.6. The van der Waals surface area contributed by atoms with E-state index in [0.717, 1.165) is 17.5 Å². The summed E-state index contributed by atoms with van der Waals surface area (Å²) in [5.41, 5.74) is -0.552. The van der Waals surface area contributed by atoms with Crippen molar-refractivity contribution >= 4 is 35.2 Å². The lowest BCUT2D eigenvalue weighted by molar-refractivity contribution is -0.385. The molecule has 2 atom stereocenters. The lowest BCUT2D eigenvalue weighted by atomic mass is 9.67. The van der Waals surface area contributed by atoms with E-state index in [1.807, 2.05) is 24.3 Å². The minimum atomic E-state index is -1.19. The minimum absolute atomic E-state index is 0.0125. The lowest BCUT2D eigenvalue weighted by Crippen LogP contribution is -2.56. The third kappa shape index (κ3) is 6.20. The smallest absolute Gasteiger partial charge is 0.410 e. The summed E-state index contributed by atoms with van der Waals surface area (Å²) in [6.07, 6.45) is 1.19. The zero-order chi connectivity index (χ0) is 29.9. The zero-order valence-electron chi connectivity index (χ0n) is 23.6. The molecule has 0 radical (unpaired) electrons. The van der Waals surface area contributed by atoms with Crippen LogP contribution in [0, 0.1) is 21.4 Å². The van der Waals surface area contributed by atoms with Crippen LogP contribution >= 0.6 is 11.6 Å². The Bertz CT molecular complexity index is 1390. The van der Waals surface area contributed by atoms with E-state index in [1.165, 1.54) is 12.0 Å². The second kappa shape index (κ2) is 11.9. The normalized spacial score (nSPS) is 20.5. The van der Waals surface area contributed by atoms with Crippen molar-refractivity contribution in [3.63, 3.8) is 0 Å². The van der Waals surface area contributed by atoms with Gasteiger partial charge in [0.1, 0.15) is 11.3 Å². The van der Waals surface area contributed by atoms with E-state index in [0.29, 0.717) is 12.8 Å². The molecule has 1 aliphatic heterocycles. The predicted octanol–water partition coefficient (Wildman–Crippen LogP) is 4.37. The number of aryl methyl sites for hydroxylation is 1. The first-order valence-electron chi connectivity index (χ1n) is 13.4. The van der Waals surface area contributed by atoms with Gasteiger partial charge < -0.3 is 19.3 Å². The Kier molecular flexibility index (Phi) is 8.68. The molecule has 1 aliphatic carbocycles. The molecule has 12 nitrogen and oxygen atoms in total. The molecule has 1 fully saturated rings. The highest BCUT2D eigenvalue weighted by Crippen LogP contribution is 2.43. The number of nitro groups is 1. The van der Waals surface area contributed by atoms with Crippen LogP contribution in [0.3, 0.4) is 0 Å². The molecule has 2 aliphatic rings. The third-order valence-corrected chi connectivity index (χ3v) is 7.63. The summed E-state index contributed by atoms with van der Waals surface area (Å²) in [7, 11) is 1.30. The first kappa shape index (κ1) is 30.0. The van der Waals surface area contributed by atoms with Gasteiger partial charge in [0, 0.05) is 26.1 Å². The molecule has 1 aromatic carbocycles. The average molecular weight is 585 g/mol. The Balaban J connectivity index is 1.75. The number of fused-ring (bicyclic) bond motifs is 1. The van der Waals surface area contributed by atoms with Crippen LogP contribution in [0.15, 0.2) is 24.3 Å². The minimum Gasteiger partial charge on any atom is -0.468 e. The molecule has 41 heavy (non-hydrogen) atoms. The van der Waals surface area contributed by atoms with Crippen molar-refractivity contribution < 1.29 is 24.0 Å². The van der Waals surface area contributed by atoms with Gasteiger partial charge in [-0.3, -0.25) is 14.9 Å². The predicted molar refractivity (Wildman–Crippen MR) is 150 cm³/mol. The Morgan fingerprint density at radius 2 is 2.00 bits per heavy atom. The van der Waals surface area contributed by atoms with E-state index in [-0.39, 0.29) is 55.0 Å². The molecule has 0 bridgehead atoms. The highest BCUT2D eigenvalue weighted by molar-refractivity contribution is 6.28. The standard InChI is InChI=1S/C28H33ClN6O6/c1-27(2,3)41-26(37)34-15-14-33(17-19(34)11-13-30)23-22(35(38)39)21(31-25(29)32-23)16-28(24(36)40-4)12-7-9-18-8-5-6-10-20(18)28/h5-6,8,10,19H,7,9,11-12,14-17H2,1-4H3/t19-,28?/m0/s1. The molecule has 218 valence electrons. The molecular formula is C28H33ClN6O6. The van der Waals surface area contributed by atoms with E-state index in [2.05, 4.69) is 16.0 Å². The van der Waals surface area contributed by atoms with Crippen LogP contribution in [0.4, 0.5) is 16.3 Å². The van der Waals surface area contributed by atoms with Gasteiger partial charge in [0.15, 0.2) is 0 Å². The number of carbonyl (C=O) groups excluding carboxylic acids is 2. The first-order valence-corrected chi connectivity index (χ1v) is 13.8. The van der Waals surface area contributed by atoms with Crippen molar-refractivity contribution in [2.45, 2.75) is 69.9 Å². The van der Waals surface area contributed by atoms with Crippen LogP contribution in [-0.4, -0.2) is 70.2 Å². The van der Waals surface area contributed by atoms with E-state index < -0.39 is 34.0 Å². The third-order valence-electron chi connectivity index (χ3n) is 7.46. The Hall–Kier alpha value is -3.98. The Morgan fingerprint density at radius 1 is 1.27 bits per heavy atom. The quantitative estimate of drug-likeness (QED) is 0.207. The van der Waals surface area contributed by atoms with Crippen LogP contribution in [0.2, 0.25) is 5.28 Å². The number of ether oxygens (including phenoxy) is 2. The number of nitrogens with zero attached hydrogens (tertiary/aromatic N) is 6. The lowest BCUT2D eigenvalue weighted by Gasteiger charge is -2.41. The summed E-state index contributed by atoms with van der Waals surface area (Å²) in [5, 5.41) is 21.8. The number of benzene rings is 1. The number of esters is 1. The van der Waals surface area contributed by atoms with E-state index in [1.54, 1.807) is 25.7 Å². The molecule has 0 spiro atoms. The fourth-order valence-electron chi connectivity index (χ4n) is 5.75. The molecular weight excluding hydrogens is 552 g/mol. The molecule has 1 amide bonds. The number of hydrogen-bond acceptors (Lipinski definition) is 10. The monoisotopic (exact) mass is 584 g/mol. The molecule has 13 heteroatoms. The molecule has 1 unspecified atom stereocenters. The molecule has 1 saturated heterocycles. The number of hydrogen-bond donors (Lipinski definition) is 0. The van der Waals surface area contributed by atoms with Crippen LogP contribution in [0.5, 0.6) is 0 Å². The van der Waals surface area contributed by atoms with Crippen molar-refractivity contribution in [2.75, 3.05) is 31.6 Å². The maximum atomic E-state index is 13.4. The number of nitriles is 1. The maximum absolute atomic E-state index is 13.4. The van der Waals surface area contributed by atoms with Gasteiger partial charge in [0.25, 0.3) is 0 Å². The van der Waals surface area contributed by atoms with Crippen molar-refractivity contribution in [1.82, 2.24) is 14.9 Å². The Labute approximate surface area is 243 Å². The zero-order valence-corrected chi connectivity index (χ0v) is 24.3. The van der Waals surface area contributed by atoms with Crippen LogP contribution in [0.1, 0.15) is 56.9 Å². The highest BCUT2D eigenvalue weighted by atomic mass is 35.5. The number of methoxy groups -OCH3 is 1. The van der Waals surface area contributed by atoms with Crippen molar-refractivity contribution in [3.05, 3.63) is 56.5 Å². The SMILES string of the molecule is COC(=O)C1(Cc2nc(Cl)nc(N3CCN(C(=O)OC(C)(C)C)[C@@H](CC#N)C3)c2[N+](=O)[O-])CCCc2ccccc21. The Morgan fingerprint density at radius 3 is 2.66 bits per heavy atom. The van der Waals surface area contributed by atoms with Crippen LogP contribution in [-0.2, 0) is 32.5 Å². The van der Waals surface area contributed by atoms with E-state index in [4.69, 9.17) is 21.1 Å². The van der Waals surface area contributed by atoms with Crippen molar-refractivity contribution in [3.8, 4) is 6.07 Å². The van der Waals surface area contributed by atoms with Gasteiger partial charge in [-0.2, -0.15) is 10.2 Å². The fraction of sp³-hybridized carbons (Fsp3) is 0.536. The molecule has 2 aromatic rings. The van der Waals surface area contributed by atoms with Crippen LogP contribution in [0.25, 0.3) is 0 Å². The van der Waals surface area contributed by atoms with Gasteiger partial charge in [0.2, 0.25) is 11.1 Å². The maximum Gasteiger partial charge on any atom is 0.410 e. The molecule has 0 N–H and O–H groups in total. The van der Waals surface area contributed by atoms with Gasteiger partial charge in [-0.25, -0.2) is 9.78 Å². The van der Waals surface area contributed by atoms with Gasteiger partial charge in [-0.15, -0.1) is 0 Å². The number of halogens is 1. The first-order chi connectivity index (χ1) is 19.4. The number of aromatic nitrogens is 2. The summed E-state index contributed by atoms with van der Waals surface area (Å²) in [6.45, 7) is 5.67. The number of amides is 1. The topological polar surface area (TPSA) is 152 Å². The van der Waals surface area contributed by atoms with Gasteiger partial charge in [-0.05, 0) is 62.8 Å². The highest BCUT2D eigenvalue weighted by Gasteiger charge is 2.47. The van der Waals surface area contributed by atoms with Gasteiger partial charge in [0.05, 0.1) is 36.0 Å². The number of piperazine rings is 1. The molecule has 4 rings (SSSR count). The van der Waals surface area contributed by atoms with E-state index in [9.17, 15) is 25.0 Å². The van der Waals surface area contributed by atoms with Gasteiger partial charge >= 0.3 is 17.7 Å². The van der Waals surface area contributed by atoms with Gasteiger partial charge in [-0.1, -0.05) is 24.3 Å². The second-order valence-electron chi connectivity index (χ2n) is 11.3. The summed E-state index contributed by atoms with van der Waals surface area (Å²) in [5.74, 6) is -0.531. The summed E-state index contributed by atoms with van der Waals surface area (Å²) in [4.78, 5) is 49.8.